The van der Waals surface area contributed by atoms with Crippen LogP contribution in [0.5, 0.6) is 17.2 Å². The van der Waals surface area contributed by atoms with Crippen molar-refractivity contribution in [3.05, 3.63) is 64.7 Å². The Kier molecular flexibility index (Phi) is 6.24. The third-order valence-corrected chi connectivity index (χ3v) is 8.86. The van der Waals surface area contributed by atoms with Gasteiger partial charge in [0.05, 0.1) is 23.4 Å². The van der Waals surface area contributed by atoms with Crippen LogP contribution >= 0.6 is 0 Å². The molecule has 1 aromatic heterocycles. The first-order valence-electron chi connectivity index (χ1n) is 14.1. The van der Waals surface area contributed by atoms with Crippen molar-refractivity contribution in [2.45, 2.75) is 82.1 Å². The lowest BCUT2D eigenvalue weighted by Gasteiger charge is -2.70. The Labute approximate surface area is 246 Å². The van der Waals surface area contributed by atoms with Gasteiger partial charge in [-0.2, -0.15) is 18.3 Å². The van der Waals surface area contributed by atoms with Gasteiger partial charge in [-0.1, -0.05) is 6.07 Å². The molecule has 1 aliphatic heterocycles. The van der Waals surface area contributed by atoms with Crippen LogP contribution in [0.15, 0.2) is 36.4 Å². The number of hydrogen-bond donors (Lipinski definition) is 1. The predicted octanol–water partition coefficient (Wildman–Crippen LogP) is 7.28. The Morgan fingerprint density at radius 3 is 2.57 bits per heavy atom. The molecule has 8 rings (SSSR count). The molecule has 1 N–H and O–H groups in total. The summed E-state index contributed by atoms with van der Waals surface area (Å²) in [5, 5.41) is 13.1. The van der Waals surface area contributed by atoms with Gasteiger partial charge in [-0.25, -0.2) is 9.07 Å². The Hall–Kier alpha value is -3.94. The molecule has 2 bridgehead atoms. The van der Waals surface area contributed by atoms with Gasteiger partial charge in [0.25, 0.3) is 0 Å². The third kappa shape index (κ3) is 4.83. The van der Waals surface area contributed by atoms with Crippen LogP contribution in [0.4, 0.5) is 26.3 Å². The molecule has 3 aromatic rings. The van der Waals surface area contributed by atoms with E-state index < -0.39 is 47.8 Å². The minimum absolute atomic E-state index is 0.0120. The predicted molar refractivity (Wildman–Crippen MR) is 138 cm³/mol. The molecule has 234 valence electrons. The van der Waals surface area contributed by atoms with Crippen molar-refractivity contribution < 1.29 is 55.2 Å². The average molecular weight is 625 g/mol. The second-order valence-electron chi connectivity index (χ2n) is 12.2. The summed E-state index contributed by atoms with van der Waals surface area (Å²) in [5.41, 5.74) is -1.23. The van der Waals surface area contributed by atoms with E-state index in [9.17, 15) is 36.2 Å². The van der Waals surface area contributed by atoms with Crippen molar-refractivity contribution in [3.8, 4) is 22.9 Å². The number of alkyl halides is 5. The maximum atomic E-state index is 15.0. The number of aromatic nitrogens is 2. The van der Waals surface area contributed by atoms with Crippen molar-refractivity contribution in [3.63, 3.8) is 0 Å². The monoisotopic (exact) mass is 624 g/mol. The molecule has 0 unspecified atom stereocenters. The van der Waals surface area contributed by atoms with Crippen molar-refractivity contribution in [2.24, 2.45) is 5.41 Å². The van der Waals surface area contributed by atoms with Crippen molar-refractivity contribution in [1.29, 1.82) is 0 Å². The van der Waals surface area contributed by atoms with Crippen LogP contribution in [0.25, 0.3) is 5.69 Å². The summed E-state index contributed by atoms with van der Waals surface area (Å²) < 4.78 is 107. The van der Waals surface area contributed by atoms with E-state index in [0.717, 1.165) is 10.7 Å². The summed E-state index contributed by atoms with van der Waals surface area (Å²) in [6.45, 7) is 1.55. The molecule has 8 nitrogen and oxygen atoms in total. The van der Waals surface area contributed by atoms with Gasteiger partial charge in [-0.05, 0) is 80.7 Å². The first-order valence-corrected chi connectivity index (χ1v) is 14.1. The molecule has 2 heterocycles. The van der Waals surface area contributed by atoms with Gasteiger partial charge in [0.2, 0.25) is 0 Å². The molecule has 44 heavy (non-hydrogen) atoms. The lowest BCUT2D eigenvalue weighted by molar-refractivity contribution is -0.307. The molecule has 0 radical (unpaired) electrons. The smallest absolute Gasteiger partial charge is 0.483 e. The minimum atomic E-state index is -4.75. The molecular weight excluding hydrogens is 598 g/mol. The van der Waals surface area contributed by atoms with Gasteiger partial charge in [0.15, 0.2) is 28.8 Å². The topological polar surface area (TPSA) is 92.0 Å². The fraction of sp³-hybridized carbons (Fsp3) is 0.467. The van der Waals surface area contributed by atoms with E-state index in [-0.39, 0.29) is 52.4 Å². The number of rotatable bonds is 8. The summed E-state index contributed by atoms with van der Waals surface area (Å²) >= 11 is 0. The lowest BCUT2D eigenvalue weighted by atomic mass is 9.40. The number of ether oxygens (including phenoxy) is 4. The van der Waals surface area contributed by atoms with Crippen LogP contribution in [0, 0.1) is 11.2 Å². The molecule has 0 amide bonds. The zero-order valence-corrected chi connectivity index (χ0v) is 23.2. The van der Waals surface area contributed by atoms with Gasteiger partial charge >= 0.3 is 18.4 Å². The van der Waals surface area contributed by atoms with Crippen LogP contribution in [0.1, 0.15) is 80.2 Å². The highest BCUT2D eigenvalue weighted by molar-refractivity contribution is 5.68. The highest BCUT2D eigenvalue weighted by atomic mass is 19.4. The zero-order chi connectivity index (χ0) is 31.2. The first kappa shape index (κ1) is 28.8. The number of nitrogens with zero attached hydrogens (tertiary/aromatic N) is 2. The van der Waals surface area contributed by atoms with Crippen molar-refractivity contribution >= 4 is 5.97 Å². The quantitative estimate of drug-likeness (QED) is 0.263. The molecule has 0 saturated heterocycles. The number of carbonyl (C=O) groups is 1. The van der Waals surface area contributed by atoms with E-state index in [1.807, 2.05) is 0 Å². The van der Waals surface area contributed by atoms with Gasteiger partial charge < -0.3 is 24.1 Å². The van der Waals surface area contributed by atoms with Crippen molar-refractivity contribution in [1.82, 2.24) is 9.78 Å². The number of aliphatic carboxylic acids is 1. The van der Waals surface area contributed by atoms with Crippen LogP contribution in [-0.4, -0.2) is 32.8 Å². The van der Waals surface area contributed by atoms with Gasteiger partial charge in [0.1, 0.15) is 12.2 Å². The second-order valence-corrected chi connectivity index (χ2v) is 12.2. The summed E-state index contributed by atoms with van der Waals surface area (Å²) in [5.74, 6) is -2.37. The Bertz CT molecular complexity index is 1650. The Morgan fingerprint density at radius 2 is 1.86 bits per heavy atom. The van der Waals surface area contributed by atoms with E-state index in [1.165, 1.54) is 30.3 Å². The van der Waals surface area contributed by atoms with Crippen molar-refractivity contribution in [2.75, 3.05) is 0 Å². The largest absolute Gasteiger partial charge is 0.586 e. The molecule has 5 aliphatic rings. The second kappa shape index (κ2) is 9.53. The fourth-order valence-electron chi connectivity index (χ4n) is 7.20. The minimum Gasteiger partial charge on any atom is -0.483 e. The number of hydrogen-bond acceptors (Lipinski definition) is 6. The molecule has 2 atom stereocenters. The summed E-state index contributed by atoms with van der Waals surface area (Å²) in [6, 6.07) is 7.56. The number of carboxylic acids is 1. The zero-order valence-electron chi connectivity index (χ0n) is 23.2. The summed E-state index contributed by atoms with van der Waals surface area (Å²) in [6.07, 6.45) is -7.54. The molecule has 3 fully saturated rings. The van der Waals surface area contributed by atoms with E-state index in [0.29, 0.717) is 37.7 Å². The van der Waals surface area contributed by atoms with Gasteiger partial charge in [0, 0.05) is 11.6 Å². The number of halogens is 6. The molecule has 14 heteroatoms. The third-order valence-electron chi connectivity index (χ3n) is 8.86. The normalized spacial score (nSPS) is 26.8. The number of benzene rings is 2. The van der Waals surface area contributed by atoms with Crippen LogP contribution in [-0.2, 0) is 22.1 Å². The van der Waals surface area contributed by atoms with E-state index >= 15 is 0 Å². The summed E-state index contributed by atoms with van der Waals surface area (Å²) in [4.78, 5) is 11.2. The van der Waals surface area contributed by atoms with Gasteiger partial charge in [-0.15, -0.1) is 8.78 Å². The first-order chi connectivity index (χ1) is 20.6. The molecular formula is C30H26F6N2O6. The van der Waals surface area contributed by atoms with Crippen LogP contribution < -0.4 is 14.2 Å². The average Bonchev–Trinajstić information content (AvgIpc) is 3.44. The highest BCUT2D eigenvalue weighted by Gasteiger charge is 2.70. The Balaban J connectivity index is 1.19. The fourth-order valence-corrected chi connectivity index (χ4v) is 7.20. The standard InChI is InChI=1S/C30H26F6N2O6/c1-15(16-5-8-20-23(9-16)44-30(35,36)43-20)41-22-10-17(6-7-19(22)31)38-25-18(26(37-38)29(32,33)34)3-2-4-21(25)42-28-12-27(13-28,14-28)11-24(39)40/h5-10,15,21H,2-4,11-14H2,1H3,(H,39,40)/t15-,21+,27?,28?/m0/s1. The van der Waals surface area contributed by atoms with E-state index in [1.54, 1.807) is 6.92 Å². The van der Waals surface area contributed by atoms with E-state index in [2.05, 4.69) is 14.6 Å². The lowest BCUT2D eigenvalue weighted by Crippen LogP contribution is -2.69. The molecule has 2 aromatic carbocycles. The maximum absolute atomic E-state index is 15.0. The molecule has 4 aliphatic carbocycles. The number of carboxylic acid groups (broad SMARTS) is 1. The number of fused-ring (bicyclic) bond motifs is 2. The van der Waals surface area contributed by atoms with E-state index in [4.69, 9.17) is 9.47 Å². The molecule has 3 saturated carbocycles. The maximum Gasteiger partial charge on any atom is 0.586 e. The van der Waals surface area contributed by atoms with Crippen LogP contribution in [0.2, 0.25) is 0 Å². The highest BCUT2D eigenvalue weighted by Crippen LogP contribution is 2.72. The SMILES string of the molecule is C[C@H](Oc1cc(-n2nc(C(F)(F)F)c3c2[C@H](OC24CC(CC(=O)O)(C2)C4)CCC3)ccc1F)c1ccc2c(c1)OC(F)(F)O2. The Morgan fingerprint density at radius 1 is 1.14 bits per heavy atom. The summed E-state index contributed by atoms with van der Waals surface area (Å²) in [7, 11) is 0. The molecule has 0 spiro atoms. The van der Waals surface area contributed by atoms with Crippen LogP contribution in [0.3, 0.4) is 0 Å². The van der Waals surface area contributed by atoms with Gasteiger partial charge in [-0.3, -0.25) is 4.79 Å².